The van der Waals surface area contributed by atoms with Crippen LogP contribution in [0.4, 0.5) is 0 Å². The minimum absolute atomic E-state index is 0. The highest BCUT2D eigenvalue weighted by atomic mass is 127. The molecule has 0 aliphatic carbocycles. The number of pyridine rings is 1. The van der Waals surface area contributed by atoms with Crippen molar-refractivity contribution in [3.63, 3.8) is 0 Å². The molecule has 1 saturated heterocycles. The van der Waals surface area contributed by atoms with E-state index in [1.807, 2.05) is 12.3 Å². The van der Waals surface area contributed by atoms with E-state index in [9.17, 15) is 4.79 Å². The Labute approximate surface area is 214 Å². The van der Waals surface area contributed by atoms with Gasteiger partial charge in [-0.2, -0.15) is 0 Å². The molecule has 0 saturated carbocycles. The summed E-state index contributed by atoms with van der Waals surface area (Å²) in [7, 11) is 0. The molecule has 0 bridgehead atoms. The van der Waals surface area contributed by atoms with E-state index >= 15 is 0 Å². The predicted molar refractivity (Wildman–Crippen MR) is 143 cm³/mol. The normalized spacial score (nSPS) is 14.5. The van der Waals surface area contributed by atoms with Crippen LogP contribution in [0.1, 0.15) is 37.3 Å². The number of nitrogens with zero attached hydrogens (tertiary/aromatic N) is 2. The van der Waals surface area contributed by atoms with Gasteiger partial charge in [0.05, 0.1) is 13.1 Å². The van der Waals surface area contributed by atoms with E-state index in [2.05, 4.69) is 46.8 Å². The molecule has 1 aliphatic heterocycles. The molecule has 1 aromatic carbocycles. The van der Waals surface area contributed by atoms with Gasteiger partial charge in [-0.1, -0.05) is 30.3 Å². The van der Waals surface area contributed by atoms with Gasteiger partial charge in [-0.15, -0.1) is 24.0 Å². The van der Waals surface area contributed by atoms with Gasteiger partial charge >= 0.3 is 0 Å². The number of halogens is 1. The number of hydrogen-bond acceptors (Lipinski definition) is 4. The Kier molecular flexibility index (Phi) is 13.1. The topological polar surface area (TPSA) is 76.9 Å². The molecule has 2 N–H and O–H groups in total. The Balaban J connectivity index is 0.00000385. The molecule has 182 valence electrons. The summed E-state index contributed by atoms with van der Waals surface area (Å²) in [5.41, 5.74) is 2.24. The van der Waals surface area contributed by atoms with Gasteiger partial charge in [-0.25, -0.2) is 4.99 Å². The summed E-state index contributed by atoms with van der Waals surface area (Å²) in [5, 5.41) is 6.67. The quantitative estimate of drug-likeness (QED) is 0.188. The zero-order chi connectivity index (χ0) is 22.4. The third-order valence-corrected chi connectivity index (χ3v) is 5.49. The summed E-state index contributed by atoms with van der Waals surface area (Å²) < 4.78 is 12.9. The minimum atomic E-state index is 0. The first-order valence-corrected chi connectivity index (χ1v) is 11.7. The van der Waals surface area contributed by atoms with Crippen molar-refractivity contribution in [2.75, 3.05) is 39.5 Å². The number of guanidine groups is 1. The Morgan fingerprint density at radius 1 is 1.12 bits per heavy atom. The highest BCUT2D eigenvalue weighted by Gasteiger charge is 2.13. The molecule has 0 unspecified atom stereocenters. The standard InChI is InChI=1S/C25H36N4O3.HI/c1-2-26-25(27-13-5-15-32-20-23-11-16-31-17-12-23)28-18-21-7-9-22(10-8-21)19-29-14-4-3-6-24(29)30;/h3-4,6-10,14,23H,2,5,11-13,15-20H2,1H3,(H2,26,27,28);1H. The van der Waals surface area contributed by atoms with Crippen LogP contribution in [0.15, 0.2) is 58.4 Å². The maximum Gasteiger partial charge on any atom is 0.250 e. The van der Waals surface area contributed by atoms with Gasteiger partial charge in [0, 0.05) is 51.8 Å². The molecule has 0 atom stereocenters. The number of nitrogens with one attached hydrogen (secondary N) is 2. The summed E-state index contributed by atoms with van der Waals surface area (Å²) in [5.74, 6) is 1.47. The van der Waals surface area contributed by atoms with Gasteiger partial charge in [0.2, 0.25) is 0 Å². The van der Waals surface area contributed by atoms with Crippen molar-refractivity contribution >= 4 is 29.9 Å². The molecule has 1 fully saturated rings. The van der Waals surface area contributed by atoms with E-state index in [-0.39, 0.29) is 29.5 Å². The average molecular weight is 569 g/mol. The molecule has 33 heavy (non-hydrogen) atoms. The van der Waals surface area contributed by atoms with Crippen molar-refractivity contribution in [3.8, 4) is 0 Å². The zero-order valence-corrected chi connectivity index (χ0v) is 21.8. The van der Waals surface area contributed by atoms with E-state index in [1.54, 1.807) is 16.7 Å². The maximum atomic E-state index is 11.9. The first-order chi connectivity index (χ1) is 15.7. The second-order valence-electron chi connectivity index (χ2n) is 8.09. The van der Waals surface area contributed by atoms with E-state index in [1.165, 1.54) is 0 Å². The number of aliphatic imine (C=N–C) groups is 1. The van der Waals surface area contributed by atoms with Crippen molar-refractivity contribution < 1.29 is 9.47 Å². The van der Waals surface area contributed by atoms with Crippen molar-refractivity contribution in [3.05, 3.63) is 70.1 Å². The lowest BCUT2D eigenvalue weighted by Crippen LogP contribution is -2.38. The highest BCUT2D eigenvalue weighted by Crippen LogP contribution is 2.14. The van der Waals surface area contributed by atoms with Gasteiger partial charge in [-0.05, 0) is 49.3 Å². The van der Waals surface area contributed by atoms with Crippen LogP contribution in [0.3, 0.4) is 0 Å². The monoisotopic (exact) mass is 568 g/mol. The van der Waals surface area contributed by atoms with Crippen LogP contribution in [0.2, 0.25) is 0 Å². The lowest BCUT2D eigenvalue weighted by Gasteiger charge is -2.21. The van der Waals surface area contributed by atoms with Crippen LogP contribution in [-0.2, 0) is 22.6 Å². The van der Waals surface area contributed by atoms with Crippen LogP contribution in [0, 0.1) is 5.92 Å². The fourth-order valence-electron chi connectivity index (χ4n) is 3.59. The third kappa shape index (κ3) is 10.3. The molecule has 7 nitrogen and oxygen atoms in total. The van der Waals surface area contributed by atoms with Crippen LogP contribution >= 0.6 is 24.0 Å². The second-order valence-corrected chi connectivity index (χ2v) is 8.09. The number of rotatable bonds is 11. The SMILES string of the molecule is CCNC(=NCc1ccc(Cn2ccccc2=O)cc1)NCCCOCC1CCOCC1.I. The summed E-state index contributed by atoms with van der Waals surface area (Å²) in [6, 6.07) is 13.5. The van der Waals surface area contributed by atoms with Crippen molar-refractivity contribution in [1.82, 2.24) is 15.2 Å². The molecule has 2 aromatic rings. The molecule has 0 radical (unpaired) electrons. The first-order valence-electron chi connectivity index (χ1n) is 11.7. The van der Waals surface area contributed by atoms with Crippen molar-refractivity contribution in [1.29, 1.82) is 0 Å². The van der Waals surface area contributed by atoms with Gasteiger partial charge < -0.3 is 24.7 Å². The van der Waals surface area contributed by atoms with Crippen molar-refractivity contribution in [2.24, 2.45) is 10.9 Å². The lowest BCUT2D eigenvalue weighted by atomic mass is 10.0. The highest BCUT2D eigenvalue weighted by molar-refractivity contribution is 14.0. The number of ether oxygens (including phenoxy) is 2. The fourth-order valence-corrected chi connectivity index (χ4v) is 3.59. The Hall–Kier alpha value is -1.91. The smallest absolute Gasteiger partial charge is 0.250 e. The van der Waals surface area contributed by atoms with E-state index in [0.717, 1.165) is 75.9 Å². The van der Waals surface area contributed by atoms with Crippen LogP contribution in [0.25, 0.3) is 0 Å². The van der Waals surface area contributed by atoms with Crippen LogP contribution in [0.5, 0.6) is 0 Å². The molecule has 8 heteroatoms. The number of benzene rings is 1. The van der Waals surface area contributed by atoms with Gasteiger partial charge in [0.1, 0.15) is 0 Å². The average Bonchev–Trinajstić information content (AvgIpc) is 2.82. The molecule has 1 aliphatic rings. The van der Waals surface area contributed by atoms with Gasteiger partial charge in [0.15, 0.2) is 5.96 Å². The van der Waals surface area contributed by atoms with Crippen LogP contribution < -0.4 is 16.2 Å². The van der Waals surface area contributed by atoms with Gasteiger partial charge in [-0.3, -0.25) is 4.79 Å². The summed E-state index contributed by atoms with van der Waals surface area (Å²) in [6.07, 6.45) is 4.98. The molecule has 0 amide bonds. The van der Waals surface area contributed by atoms with Gasteiger partial charge in [0.25, 0.3) is 5.56 Å². The summed E-state index contributed by atoms with van der Waals surface area (Å²) in [4.78, 5) is 16.6. The largest absolute Gasteiger partial charge is 0.381 e. The molecule has 1 aromatic heterocycles. The Morgan fingerprint density at radius 2 is 1.88 bits per heavy atom. The van der Waals surface area contributed by atoms with Crippen molar-refractivity contribution in [2.45, 2.75) is 39.3 Å². The maximum absolute atomic E-state index is 11.9. The first kappa shape index (κ1) is 27.3. The van der Waals surface area contributed by atoms with E-state index in [0.29, 0.717) is 19.0 Å². The zero-order valence-electron chi connectivity index (χ0n) is 19.5. The number of hydrogen-bond donors (Lipinski definition) is 2. The number of aromatic nitrogens is 1. The molecule has 2 heterocycles. The second kappa shape index (κ2) is 15.8. The van der Waals surface area contributed by atoms with Crippen LogP contribution in [-0.4, -0.2) is 50.0 Å². The molecular formula is C25H37IN4O3. The molecular weight excluding hydrogens is 531 g/mol. The molecule has 0 spiro atoms. The van der Waals surface area contributed by atoms with E-state index < -0.39 is 0 Å². The summed E-state index contributed by atoms with van der Waals surface area (Å²) in [6.45, 7) is 8.21. The van der Waals surface area contributed by atoms with E-state index in [4.69, 9.17) is 9.47 Å². The minimum Gasteiger partial charge on any atom is -0.381 e. The summed E-state index contributed by atoms with van der Waals surface area (Å²) >= 11 is 0. The fraction of sp³-hybridized carbons (Fsp3) is 0.520. The Bertz CT molecular complexity index is 880. The lowest BCUT2D eigenvalue weighted by molar-refractivity contribution is 0.0203. The Morgan fingerprint density at radius 3 is 2.61 bits per heavy atom. The predicted octanol–water partition coefficient (Wildman–Crippen LogP) is 3.40. The third-order valence-electron chi connectivity index (χ3n) is 5.49. The molecule has 3 rings (SSSR count).